The second kappa shape index (κ2) is 7.30. The Bertz CT molecular complexity index is 871. The van der Waals surface area contributed by atoms with E-state index in [1.807, 2.05) is 49.0 Å². The molecule has 3 aromatic rings. The molecule has 0 bridgehead atoms. The highest BCUT2D eigenvalue weighted by molar-refractivity contribution is 5.79. The van der Waals surface area contributed by atoms with Gasteiger partial charge in [-0.3, -0.25) is 4.79 Å². The summed E-state index contributed by atoms with van der Waals surface area (Å²) in [5, 5.41) is 3.03. The molecule has 0 fully saturated rings. The Morgan fingerprint density at radius 3 is 2.56 bits per heavy atom. The van der Waals surface area contributed by atoms with Crippen molar-refractivity contribution in [2.24, 2.45) is 7.05 Å². The van der Waals surface area contributed by atoms with Crippen molar-refractivity contribution in [1.29, 1.82) is 0 Å². The van der Waals surface area contributed by atoms with Gasteiger partial charge in [0.1, 0.15) is 17.7 Å². The minimum absolute atomic E-state index is 0.105. The molecule has 1 heterocycles. The molecular formula is C20H20FN3O. The lowest BCUT2D eigenvalue weighted by atomic mass is 10.0. The summed E-state index contributed by atoms with van der Waals surface area (Å²) in [5.41, 5.74) is 2.85. The molecule has 1 N–H and O–H groups in total. The number of rotatable bonds is 5. The number of halogens is 1. The largest absolute Gasteiger partial charge is 0.342 e. The topological polar surface area (TPSA) is 46.9 Å². The van der Waals surface area contributed by atoms with E-state index in [1.165, 1.54) is 12.1 Å². The van der Waals surface area contributed by atoms with Crippen LogP contribution in [-0.4, -0.2) is 15.5 Å². The fourth-order valence-electron chi connectivity index (χ4n) is 2.80. The number of carbonyl (C=O) groups is 1. The third-order valence-electron chi connectivity index (χ3n) is 4.24. The molecule has 3 rings (SSSR count). The first-order valence-electron chi connectivity index (χ1n) is 8.11. The predicted octanol–water partition coefficient (Wildman–Crippen LogP) is 3.32. The third-order valence-corrected chi connectivity index (χ3v) is 4.24. The zero-order valence-electron chi connectivity index (χ0n) is 14.2. The third kappa shape index (κ3) is 3.94. The second-order valence-electron chi connectivity index (χ2n) is 6.05. The van der Waals surface area contributed by atoms with E-state index >= 15 is 0 Å². The molecule has 0 saturated heterocycles. The van der Waals surface area contributed by atoms with Gasteiger partial charge in [-0.1, -0.05) is 36.4 Å². The van der Waals surface area contributed by atoms with Gasteiger partial charge in [0.25, 0.3) is 0 Å². The Morgan fingerprint density at radius 2 is 1.92 bits per heavy atom. The maximum atomic E-state index is 13.3. The van der Waals surface area contributed by atoms with E-state index in [2.05, 4.69) is 10.3 Å². The molecule has 2 aromatic carbocycles. The number of hydrogen-bond acceptors (Lipinski definition) is 2. The lowest BCUT2D eigenvalue weighted by molar-refractivity contribution is -0.121. The summed E-state index contributed by atoms with van der Waals surface area (Å²) in [7, 11) is 1.87. The van der Waals surface area contributed by atoms with Gasteiger partial charge < -0.3 is 9.88 Å². The van der Waals surface area contributed by atoms with Crippen LogP contribution in [0.3, 0.4) is 0 Å². The van der Waals surface area contributed by atoms with Crippen LogP contribution in [0, 0.1) is 12.7 Å². The molecule has 1 aromatic heterocycles. The molecule has 25 heavy (non-hydrogen) atoms. The highest BCUT2D eigenvalue weighted by Crippen LogP contribution is 2.21. The monoisotopic (exact) mass is 337 g/mol. The number of aromatic nitrogens is 2. The zero-order valence-corrected chi connectivity index (χ0v) is 14.2. The molecule has 1 amide bonds. The van der Waals surface area contributed by atoms with Crippen LogP contribution < -0.4 is 5.32 Å². The van der Waals surface area contributed by atoms with Gasteiger partial charge in [0, 0.05) is 19.4 Å². The molecular weight excluding hydrogens is 317 g/mol. The van der Waals surface area contributed by atoms with Gasteiger partial charge in [-0.05, 0) is 35.7 Å². The van der Waals surface area contributed by atoms with E-state index in [0.717, 1.165) is 16.7 Å². The second-order valence-corrected chi connectivity index (χ2v) is 6.05. The summed E-state index contributed by atoms with van der Waals surface area (Å²) >= 11 is 0. The smallest absolute Gasteiger partial charge is 0.225 e. The SMILES string of the molecule is Cc1ccccc1CC(=O)NC(c1ccc(F)cc1)c1nccn1C. The minimum atomic E-state index is -0.433. The first-order chi connectivity index (χ1) is 12.0. The summed E-state index contributed by atoms with van der Waals surface area (Å²) in [4.78, 5) is 16.9. The van der Waals surface area contributed by atoms with Crippen molar-refractivity contribution in [3.8, 4) is 0 Å². The molecule has 1 atom stereocenters. The lowest BCUT2D eigenvalue weighted by Crippen LogP contribution is -2.32. The molecule has 128 valence electrons. The number of nitrogens with zero attached hydrogens (tertiary/aromatic N) is 2. The van der Waals surface area contributed by atoms with Crippen molar-refractivity contribution in [2.75, 3.05) is 0 Å². The van der Waals surface area contributed by atoms with Crippen LogP contribution in [0.1, 0.15) is 28.6 Å². The number of hydrogen-bond donors (Lipinski definition) is 1. The van der Waals surface area contributed by atoms with Crippen LogP contribution >= 0.6 is 0 Å². The summed E-state index contributed by atoms with van der Waals surface area (Å²) in [6, 6.07) is 13.5. The van der Waals surface area contributed by atoms with Crippen molar-refractivity contribution < 1.29 is 9.18 Å². The maximum absolute atomic E-state index is 13.3. The Labute approximate surface area is 146 Å². The Kier molecular flexibility index (Phi) is 4.93. The van der Waals surface area contributed by atoms with Crippen molar-refractivity contribution in [3.05, 3.63) is 89.3 Å². The molecule has 0 aliphatic heterocycles. The molecule has 0 radical (unpaired) electrons. The van der Waals surface area contributed by atoms with Crippen LogP contribution in [0.2, 0.25) is 0 Å². The molecule has 0 aliphatic rings. The van der Waals surface area contributed by atoms with Crippen molar-refractivity contribution >= 4 is 5.91 Å². The standard InChI is InChI=1S/C20H20FN3O/c1-14-5-3-4-6-16(14)13-18(25)23-19(20-22-11-12-24(20)2)15-7-9-17(21)10-8-15/h3-12,19H,13H2,1-2H3,(H,23,25). The first-order valence-corrected chi connectivity index (χ1v) is 8.11. The van der Waals surface area contributed by atoms with E-state index in [9.17, 15) is 9.18 Å². The fraction of sp³-hybridized carbons (Fsp3) is 0.200. The molecule has 5 heteroatoms. The molecule has 0 aliphatic carbocycles. The van der Waals surface area contributed by atoms with Gasteiger partial charge in [0.05, 0.1) is 6.42 Å². The highest BCUT2D eigenvalue weighted by Gasteiger charge is 2.21. The maximum Gasteiger partial charge on any atom is 0.225 e. The molecule has 0 saturated carbocycles. The Morgan fingerprint density at radius 1 is 1.20 bits per heavy atom. The van der Waals surface area contributed by atoms with Gasteiger partial charge in [-0.25, -0.2) is 9.37 Å². The van der Waals surface area contributed by atoms with Gasteiger partial charge in [-0.2, -0.15) is 0 Å². The quantitative estimate of drug-likeness (QED) is 0.776. The van der Waals surface area contributed by atoms with E-state index in [1.54, 1.807) is 18.3 Å². The summed E-state index contributed by atoms with van der Waals surface area (Å²) in [6.07, 6.45) is 3.79. The van der Waals surface area contributed by atoms with Crippen molar-refractivity contribution in [2.45, 2.75) is 19.4 Å². The molecule has 0 spiro atoms. The zero-order chi connectivity index (χ0) is 17.8. The summed E-state index contributed by atoms with van der Waals surface area (Å²) in [5.74, 6) is 0.282. The Balaban J connectivity index is 1.85. The number of benzene rings is 2. The van der Waals surface area contributed by atoms with Crippen molar-refractivity contribution in [3.63, 3.8) is 0 Å². The van der Waals surface area contributed by atoms with E-state index in [-0.39, 0.29) is 18.1 Å². The fourth-order valence-corrected chi connectivity index (χ4v) is 2.80. The van der Waals surface area contributed by atoms with Crippen molar-refractivity contribution in [1.82, 2.24) is 14.9 Å². The van der Waals surface area contributed by atoms with Gasteiger partial charge in [0.15, 0.2) is 0 Å². The number of aryl methyl sites for hydroxylation is 2. The van der Waals surface area contributed by atoms with Gasteiger partial charge in [0.2, 0.25) is 5.91 Å². The first kappa shape index (κ1) is 16.9. The number of carbonyl (C=O) groups excluding carboxylic acids is 1. The Hall–Kier alpha value is -2.95. The average molecular weight is 337 g/mol. The summed E-state index contributed by atoms with van der Waals surface area (Å²) < 4.78 is 15.1. The molecule has 1 unspecified atom stereocenters. The number of imidazole rings is 1. The lowest BCUT2D eigenvalue weighted by Gasteiger charge is -2.19. The van der Waals surface area contributed by atoms with Crippen LogP contribution in [0.5, 0.6) is 0 Å². The number of nitrogens with one attached hydrogen (secondary N) is 1. The van der Waals surface area contributed by atoms with Gasteiger partial charge >= 0.3 is 0 Å². The van der Waals surface area contributed by atoms with E-state index in [4.69, 9.17) is 0 Å². The highest BCUT2D eigenvalue weighted by atomic mass is 19.1. The van der Waals surface area contributed by atoms with E-state index in [0.29, 0.717) is 5.82 Å². The number of amides is 1. The van der Waals surface area contributed by atoms with Crippen LogP contribution in [0.15, 0.2) is 60.9 Å². The molecule has 4 nitrogen and oxygen atoms in total. The average Bonchev–Trinajstić information content (AvgIpc) is 3.01. The summed E-state index contributed by atoms with van der Waals surface area (Å²) in [6.45, 7) is 1.98. The van der Waals surface area contributed by atoms with Gasteiger partial charge in [-0.15, -0.1) is 0 Å². The minimum Gasteiger partial charge on any atom is -0.342 e. The van der Waals surface area contributed by atoms with Crippen LogP contribution in [-0.2, 0) is 18.3 Å². The van der Waals surface area contributed by atoms with Crippen LogP contribution in [0.25, 0.3) is 0 Å². The normalized spacial score (nSPS) is 12.0. The predicted molar refractivity (Wildman–Crippen MR) is 94.5 cm³/mol. The van der Waals surface area contributed by atoms with Crippen LogP contribution in [0.4, 0.5) is 4.39 Å². The van der Waals surface area contributed by atoms with E-state index < -0.39 is 6.04 Å².